The van der Waals surface area contributed by atoms with Gasteiger partial charge in [0.2, 0.25) is 0 Å². The third-order valence-electron chi connectivity index (χ3n) is 17.6. The molecule has 0 amide bonds. The summed E-state index contributed by atoms with van der Waals surface area (Å²) in [4.78, 5) is 72.6. The lowest BCUT2D eigenvalue weighted by atomic mass is 9.99. The van der Waals surface area contributed by atoms with E-state index >= 15 is 0 Å². The fourth-order valence-corrected chi connectivity index (χ4v) is 12.8. The highest BCUT2D eigenvalue weighted by Gasteiger charge is 2.30. The summed E-state index contributed by atoms with van der Waals surface area (Å²) >= 11 is 0. The Balaban J connectivity index is 5.15. The second kappa shape index (κ2) is 66.0. The molecule has 0 aliphatic rings. The molecular weight excluding hydrogens is 1220 g/mol. The fraction of sp³-hybridized carbons (Fsp3) is 0.946. The van der Waals surface area contributed by atoms with Crippen molar-refractivity contribution in [2.45, 2.75) is 400 Å². The van der Waals surface area contributed by atoms with E-state index in [2.05, 4.69) is 41.5 Å². The van der Waals surface area contributed by atoms with Gasteiger partial charge in [-0.15, -0.1) is 0 Å². The van der Waals surface area contributed by atoms with Crippen LogP contribution in [0.15, 0.2) is 0 Å². The molecule has 6 atom stereocenters. The van der Waals surface area contributed by atoms with Gasteiger partial charge in [-0.1, -0.05) is 330 Å². The van der Waals surface area contributed by atoms with Crippen molar-refractivity contribution in [2.75, 3.05) is 39.6 Å². The Morgan fingerprint density at radius 3 is 0.817 bits per heavy atom. The molecule has 0 rings (SSSR count). The molecule has 93 heavy (non-hydrogen) atoms. The maximum absolute atomic E-state index is 13.1. The van der Waals surface area contributed by atoms with E-state index in [9.17, 15) is 43.2 Å². The van der Waals surface area contributed by atoms with E-state index in [0.29, 0.717) is 25.7 Å². The van der Waals surface area contributed by atoms with Crippen LogP contribution in [-0.4, -0.2) is 96.7 Å². The molecule has 0 aromatic heterocycles. The zero-order valence-corrected chi connectivity index (χ0v) is 62.3. The van der Waals surface area contributed by atoms with Crippen LogP contribution >= 0.6 is 15.6 Å². The number of ether oxygens (including phenoxy) is 4. The first-order valence-electron chi connectivity index (χ1n) is 38.5. The van der Waals surface area contributed by atoms with Crippen LogP contribution < -0.4 is 0 Å². The number of aliphatic hydroxyl groups is 1. The van der Waals surface area contributed by atoms with Crippen molar-refractivity contribution in [3.63, 3.8) is 0 Å². The molecule has 552 valence electrons. The Morgan fingerprint density at radius 1 is 0.312 bits per heavy atom. The monoisotopic (exact) mass is 1370 g/mol. The first kappa shape index (κ1) is 91.1. The molecule has 17 nitrogen and oxygen atoms in total. The van der Waals surface area contributed by atoms with E-state index in [-0.39, 0.29) is 25.7 Å². The van der Waals surface area contributed by atoms with Crippen molar-refractivity contribution >= 4 is 39.5 Å². The van der Waals surface area contributed by atoms with Crippen molar-refractivity contribution in [2.24, 2.45) is 11.8 Å². The lowest BCUT2D eigenvalue weighted by Crippen LogP contribution is -2.30. The van der Waals surface area contributed by atoms with Crippen molar-refractivity contribution in [1.29, 1.82) is 0 Å². The number of phosphoric ester groups is 2. The largest absolute Gasteiger partial charge is 0.472 e. The number of hydrogen-bond donors (Lipinski definition) is 3. The molecule has 0 aromatic rings. The summed E-state index contributed by atoms with van der Waals surface area (Å²) in [6.07, 6.45) is 52.8. The van der Waals surface area contributed by atoms with Gasteiger partial charge < -0.3 is 33.8 Å². The molecular formula is C74H144O17P2. The smallest absolute Gasteiger partial charge is 0.462 e. The molecule has 0 spiro atoms. The highest BCUT2D eigenvalue weighted by molar-refractivity contribution is 7.47. The average molecular weight is 1370 g/mol. The maximum Gasteiger partial charge on any atom is 0.472 e. The molecule has 0 aromatic carbocycles. The predicted molar refractivity (Wildman–Crippen MR) is 377 cm³/mol. The van der Waals surface area contributed by atoms with Crippen molar-refractivity contribution in [3.05, 3.63) is 0 Å². The fourth-order valence-electron chi connectivity index (χ4n) is 11.3. The minimum absolute atomic E-state index is 0.106. The summed E-state index contributed by atoms with van der Waals surface area (Å²) < 4.78 is 68.3. The summed E-state index contributed by atoms with van der Waals surface area (Å²) in [6.45, 7) is 9.60. The van der Waals surface area contributed by atoms with Gasteiger partial charge in [0, 0.05) is 25.7 Å². The standard InChI is InChI=1S/C74H144O17P2/c1-7-10-12-14-16-18-33-40-46-52-58-73(78)90-69(62-84-71(76)56-50-44-38-30-17-15-13-11-8-2)64-88-92(80,81)86-60-68(75)61-87-93(82,83)89-65-70(63-85-72(77)57-51-45-39-35-29-31-36-42-48-54-66(4)5)91-74(79)59-53-47-41-34-28-26-24-22-20-19-21-23-25-27-32-37-43-49-55-67(6)9-3/h66-70,75H,7-65H2,1-6H3,(H,80,81)(H,82,83)/t67?,68-,69+,70+/m0/s1. The number of rotatable bonds is 73. The van der Waals surface area contributed by atoms with E-state index in [1.807, 2.05) is 0 Å². The highest BCUT2D eigenvalue weighted by Crippen LogP contribution is 2.45. The summed E-state index contributed by atoms with van der Waals surface area (Å²) in [5, 5.41) is 10.6. The van der Waals surface area contributed by atoms with Crippen LogP contribution in [0.3, 0.4) is 0 Å². The van der Waals surface area contributed by atoms with E-state index in [1.165, 1.54) is 199 Å². The molecule has 19 heteroatoms. The van der Waals surface area contributed by atoms with Crippen LogP contribution in [0.25, 0.3) is 0 Å². The minimum atomic E-state index is -4.95. The van der Waals surface area contributed by atoms with Gasteiger partial charge in [-0.25, -0.2) is 9.13 Å². The molecule has 0 fully saturated rings. The molecule has 0 aliphatic heterocycles. The van der Waals surface area contributed by atoms with Crippen LogP contribution in [0.5, 0.6) is 0 Å². The quantitative estimate of drug-likeness (QED) is 0.0222. The SMILES string of the molecule is CCCCCCCCCCCCC(=O)O[C@H](COC(=O)CCCCCCCCCCC)COP(=O)(O)OC[C@H](O)COP(=O)(O)OC[C@@H](COC(=O)CCCCCCCCCCCC(C)C)OC(=O)CCCCCCCCCCCCCCCCCCCCC(C)CC. The Morgan fingerprint density at radius 2 is 0.548 bits per heavy atom. The lowest BCUT2D eigenvalue weighted by Gasteiger charge is -2.21. The minimum Gasteiger partial charge on any atom is -0.462 e. The zero-order valence-electron chi connectivity index (χ0n) is 60.6. The van der Waals surface area contributed by atoms with Gasteiger partial charge in [0.25, 0.3) is 0 Å². The van der Waals surface area contributed by atoms with Crippen molar-refractivity contribution < 1.29 is 80.2 Å². The van der Waals surface area contributed by atoms with Gasteiger partial charge in [0.05, 0.1) is 26.4 Å². The number of esters is 4. The Kier molecular flexibility index (Phi) is 64.6. The normalized spacial score (nSPS) is 14.3. The second-order valence-electron chi connectivity index (χ2n) is 27.4. The van der Waals surface area contributed by atoms with Crippen LogP contribution in [0.2, 0.25) is 0 Å². The van der Waals surface area contributed by atoms with Gasteiger partial charge in [-0.2, -0.15) is 0 Å². The highest BCUT2D eigenvalue weighted by atomic mass is 31.2. The first-order chi connectivity index (χ1) is 44.9. The van der Waals surface area contributed by atoms with Crippen molar-refractivity contribution in [3.8, 4) is 0 Å². The number of hydrogen-bond acceptors (Lipinski definition) is 15. The maximum atomic E-state index is 13.1. The molecule has 3 unspecified atom stereocenters. The van der Waals surface area contributed by atoms with E-state index in [1.54, 1.807) is 0 Å². The van der Waals surface area contributed by atoms with E-state index < -0.39 is 97.5 Å². The summed E-state index contributed by atoms with van der Waals surface area (Å²) in [5.74, 6) is -0.506. The number of phosphoric acid groups is 2. The van der Waals surface area contributed by atoms with Gasteiger partial charge >= 0.3 is 39.5 Å². The van der Waals surface area contributed by atoms with Gasteiger partial charge in [-0.3, -0.25) is 37.3 Å². The predicted octanol–water partition coefficient (Wildman–Crippen LogP) is 21.6. The molecule has 0 bridgehead atoms. The molecule has 0 saturated heterocycles. The molecule has 0 aliphatic carbocycles. The zero-order chi connectivity index (χ0) is 68.6. The average Bonchev–Trinajstić information content (AvgIpc) is 2.73. The third kappa shape index (κ3) is 67.0. The Hall–Kier alpha value is -1.94. The van der Waals surface area contributed by atoms with Crippen LogP contribution in [0.4, 0.5) is 0 Å². The number of aliphatic hydroxyl groups excluding tert-OH is 1. The Labute approximate surface area is 568 Å². The number of unbranched alkanes of at least 4 members (excludes halogenated alkanes) is 42. The van der Waals surface area contributed by atoms with Gasteiger partial charge in [0.15, 0.2) is 12.2 Å². The number of carbonyl (C=O) groups is 4. The lowest BCUT2D eigenvalue weighted by molar-refractivity contribution is -0.161. The third-order valence-corrected chi connectivity index (χ3v) is 19.5. The molecule has 3 N–H and O–H groups in total. The first-order valence-corrected chi connectivity index (χ1v) is 41.5. The molecule has 0 heterocycles. The van der Waals surface area contributed by atoms with Crippen molar-refractivity contribution in [1.82, 2.24) is 0 Å². The van der Waals surface area contributed by atoms with Gasteiger partial charge in [0.1, 0.15) is 19.3 Å². The number of carbonyl (C=O) groups excluding carboxylic acids is 4. The van der Waals surface area contributed by atoms with E-state index in [4.69, 9.17) is 37.0 Å². The van der Waals surface area contributed by atoms with Crippen LogP contribution in [0.1, 0.15) is 382 Å². The summed E-state index contributed by atoms with van der Waals surface area (Å²) in [7, 11) is -9.90. The summed E-state index contributed by atoms with van der Waals surface area (Å²) in [6, 6.07) is 0. The van der Waals surface area contributed by atoms with Gasteiger partial charge in [-0.05, 0) is 37.5 Å². The van der Waals surface area contributed by atoms with Crippen LogP contribution in [0, 0.1) is 11.8 Å². The van der Waals surface area contributed by atoms with Crippen LogP contribution in [-0.2, 0) is 65.4 Å². The topological polar surface area (TPSA) is 237 Å². The molecule has 0 radical (unpaired) electrons. The second-order valence-corrected chi connectivity index (χ2v) is 30.3. The summed E-state index contributed by atoms with van der Waals surface area (Å²) in [5.41, 5.74) is 0. The van der Waals surface area contributed by atoms with E-state index in [0.717, 1.165) is 102 Å². The molecule has 0 saturated carbocycles. The Bertz CT molecular complexity index is 1810.